The van der Waals surface area contributed by atoms with Crippen LogP contribution >= 0.6 is 0 Å². The van der Waals surface area contributed by atoms with Gasteiger partial charge in [-0.05, 0) is 19.3 Å². The number of aliphatic carboxylic acids is 1. The molecule has 0 amide bonds. The van der Waals surface area contributed by atoms with Crippen LogP contribution in [0.1, 0.15) is 25.7 Å². The van der Waals surface area contributed by atoms with E-state index < -0.39 is 36.9 Å². The molecule has 16 heavy (non-hydrogen) atoms. The van der Waals surface area contributed by atoms with Gasteiger partial charge in [0.1, 0.15) is 6.61 Å². The Morgan fingerprint density at radius 3 is 2.31 bits per heavy atom. The molecule has 1 N–H and O–H groups in total. The fourth-order valence-electron chi connectivity index (χ4n) is 1.53. The minimum absolute atomic E-state index is 0.318. The minimum atomic E-state index is -4.22. The largest absolute Gasteiger partial charge is 0.481 e. The van der Waals surface area contributed by atoms with Gasteiger partial charge in [0.05, 0.1) is 12.0 Å². The molecule has 1 rings (SSSR count). The van der Waals surface area contributed by atoms with Crippen molar-refractivity contribution >= 4 is 5.97 Å². The molecule has 94 valence electrons. The van der Waals surface area contributed by atoms with Crippen molar-refractivity contribution in [2.24, 2.45) is 0 Å². The topological polar surface area (TPSA) is 46.5 Å². The fraction of sp³-hybridized carbons (Fsp3) is 0.889. The number of carboxylic acids is 1. The number of hydrogen-bond acceptors (Lipinski definition) is 2. The van der Waals surface area contributed by atoms with Crippen LogP contribution in [0.2, 0.25) is 0 Å². The number of ether oxygens (including phenoxy) is 1. The fourth-order valence-corrected chi connectivity index (χ4v) is 1.53. The zero-order chi connectivity index (χ0) is 12.4. The summed E-state index contributed by atoms with van der Waals surface area (Å²) in [5, 5.41) is 8.54. The molecule has 0 aromatic carbocycles. The predicted octanol–water partition coefficient (Wildman–Crippen LogP) is 2.30. The van der Waals surface area contributed by atoms with Crippen molar-refractivity contribution in [1.29, 1.82) is 0 Å². The van der Waals surface area contributed by atoms with Gasteiger partial charge in [-0.15, -0.1) is 0 Å². The van der Waals surface area contributed by atoms with Crippen LogP contribution in [0.4, 0.5) is 17.6 Å². The molecular formula is C9H12F4O3. The zero-order valence-corrected chi connectivity index (χ0v) is 8.39. The number of hydrogen-bond donors (Lipinski definition) is 1. The van der Waals surface area contributed by atoms with Gasteiger partial charge in [0.25, 0.3) is 0 Å². The second-order valence-electron chi connectivity index (χ2n) is 3.96. The van der Waals surface area contributed by atoms with Crippen molar-refractivity contribution < 1.29 is 32.2 Å². The Hall–Kier alpha value is -0.850. The van der Waals surface area contributed by atoms with Gasteiger partial charge in [-0.3, -0.25) is 4.79 Å². The van der Waals surface area contributed by atoms with E-state index in [2.05, 4.69) is 0 Å². The summed E-state index contributed by atoms with van der Waals surface area (Å²) in [6, 6.07) is 0. The van der Waals surface area contributed by atoms with E-state index in [4.69, 9.17) is 9.84 Å². The number of carbonyl (C=O) groups is 1. The van der Waals surface area contributed by atoms with Crippen LogP contribution in [-0.2, 0) is 9.53 Å². The first-order chi connectivity index (χ1) is 7.27. The highest BCUT2D eigenvalue weighted by molar-refractivity contribution is 5.68. The monoisotopic (exact) mass is 244 g/mol. The molecule has 0 bridgehead atoms. The standard InChI is InChI=1S/C9H12F4O3/c10-7(11)9(12,13)5-16-8(2-1-3-8)4-6(14)15/h7H,1-5H2,(H,14,15). The number of carboxylic acid groups (broad SMARTS) is 1. The molecule has 0 atom stereocenters. The van der Waals surface area contributed by atoms with Crippen molar-refractivity contribution in [1.82, 2.24) is 0 Å². The van der Waals surface area contributed by atoms with Crippen molar-refractivity contribution in [3.05, 3.63) is 0 Å². The third kappa shape index (κ3) is 3.07. The normalized spacial score (nSPS) is 19.6. The van der Waals surface area contributed by atoms with Gasteiger partial charge in [-0.1, -0.05) is 0 Å². The summed E-state index contributed by atoms with van der Waals surface area (Å²) in [5.41, 5.74) is -1.18. The van der Waals surface area contributed by atoms with E-state index in [1.54, 1.807) is 0 Å². The Balaban J connectivity index is 2.49. The van der Waals surface area contributed by atoms with Crippen molar-refractivity contribution in [3.63, 3.8) is 0 Å². The highest BCUT2D eigenvalue weighted by Crippen LogP contribution is 2.40. The second kappa shape index (κ2) is 4.57. The van der Waals surface area contributed by atoms with Crippen molar-refractivity contribution in [2.45, 2.75) is 43.6 Å². The van der Waals surface area contributed by atoms with Gasteiger partial charge < -0.3 is 9.84 Å². The quantitative estimate of drug-likeness (QED) is 0.729. The van der Waals surface area contributed by atoms with Crippen LogP contribution in [0.3, 0.4) is 0 Å². The Morgan fingerprint density at radius 2 is 2.00 bits per heavy atom. The van der Waals surface area contributed by atoms with Gasteiger partial charge in [-0.2, -0.15) is 8.78 Å². The average Bonchev–Trinajstić information content (AvgIpc) is 2.08. The van der Waals surface area contributed by atoms with Crippen LogP contribution < -0.4 is 0 Å². The lowest BCUT2D eigenvalue weighted by molar-refractivity contribution is -0.213. The molecule has 1 aliphatic rings. The second-order valence-corrected chi connectivity index (χ2v) is 3.96. The molecule has 0 aromatic heterocycles. The molecule has 7 heteroatoms. The molecule has 0 heterocycles. The maximum atomic E-state index is 12.6. The predicted molar refractivity (Wildman–Crippen MR) is 45.7 cm³/mol. The van der Waals surface area contributed by atoms with E-state index in [0.29, 0.717) is 19.3 Å². The molecular weight excluding hydrogens is 232 g/mol. The van der Waals surface area contributed by atoms with E-state index in [9.17, 15) is 22.4 Å². The van der Waals surface area contributed by atoms with Crippen LogP contribution in [0.25, 0.3) is 0 Å². The number of halogens is 4. The molecule has 0 unspecified atom stereocenters. The van der Waals surface area contributed by atoms with Crippen LogP contribution in [0.15, 0.2) is 0 Å². The van der Waals surface area contributed by atoms with Crippen LogP contribution in [0.5, 0.6) is 0 Å². The average molecular weight is 244 g/mol. The smallest absolute Gasteiger partial charge is 0.330 e. The molecule has 1 aliphatic carbocycles. The van der Waals surface area contributed by atoms with Gasteiger partial charge in [0.15, 0.2) is 0 Å². The van der Waals surface area contributed by atoms with Gasteiger partial charge in [-0.25, -0.2) is 8.78 Å². The first-order valence-corrected chi connectivity index (χ1v) is 4.79. The Kier molecular flexibility index (Phi) is 3.77. The van der Waals surface area contributed by atoms with E-state index in [-0.39, 0.29) is 0 Å². The number of rotatable bonds is 6. The van der Waals surface area contributed by atoms with Gasteiger partial charge in [0.2, 0.25) is 0 Å². The lowest BCUT2D eigenvalue weighted by Crippen LogP contribution is -2.46. The zero-order valence-electron chi connectivity index (χ0n) is 8.39. The van der Waals surface area contributed by atoms with Gasteiger partial charge >= 0.3 is 18.3 Å². The molecule has 0 spiro atoms. The Bertz CT molecular complexity index is 263. The van der Waals surface area contributed by atoms with Gasteiger partial charge in [0, 0.05) is 0 Å². The summed E-state index contributed by atoms with van der Waals surface area (Å²) >= 11 is 0. The van der Waals surface area contributed by atoms with E-state index in [1.807, 2.05) is 0 Å². The van der Waals surface area contributed by atoms with Crippen molar-refractivity contribution in [2.75, 3.05) is 6.61 Å². The first-order valence-electron chi connectivity index (χ1n) is 4.79. The molecule has 1 fully saturated rings. The molecule has 0 aromatic rings. The van der Waals surface area contributed by atoms with Crippen LogP contribution in [0, 0.1) is 0 Å². The Morgan fingerprint density at radius 1 is 1.44 bits per heavy atom. The highest BCUT2D eigenvalue weighted by atomic mass is 19.3. The van der Waals surface area contributed by atoms with E-state index in [0.717, 1.165) is 0 Å². The van der Waals surface area contributed by atoms with E-state index >= 15 is 0 Å². The highest BCUT2D eigenvalue weighted by Gasteiger charge is 2.47. The third-order valence-electron chi connectivity index (χ3n) is 2.63. The first kappa shape index (κ1) is 13.2. The van der Waals surface area contributed by atoms with Crippen molar-refractivity contribution in [3.8, 4) is 0 Å². The summed E-state index contributed by atoms with van der Waals surface area (Å²) < 4.78 is 53.4. The lowest BCUT2D eigenvalue weighted by Gasteiger charge is -2.41. The Labute approximate surface area is 89.4 Å². The summed E-state index contributed by atoms with van der Waals surface area (Å²) in [7, 11) is 0. The SMILES string of the molecule is O=C(O)CC1(OCC(F)(F)C(F)F)CCC1. The molecule has 0 saturated heterocycles. The van der Waals surface area contributed by atoms with Crippen LogP contribution in [-0.4, -0.2) is 35.6 Å². The number of alkyl halides is 4. The molecule has 1 saturated carbocycles. The summed E-state index contributed by atoms with van der Waals surface area (Å²) in [4.78, 5) is 10.5. The van der Waals surface area contributed by atoms with E-state index in [1.165, 1.54) is 0 Å². The molecule has 0 radical (unpaired) electrons. The molecule has 0 aliphatic heterocycles. The third-order valence-corrected chi connectivity index (χ3v) is 2.63. The summed E-state index contributed by atoms with van der Waals surface area (Å²) in [6.07, 6.45) is -2.92. The lowest BCUT2D eigenvalue weighted by atomic mass is 9.77. The maximum Gasteiger partial charge on any atom is 0.330 e. The maximum absolute atomic E-state index is 12.6. The minimum Gasteiger partial charge on any atom is -0.481 e. The summed E-state index contributed by atoms with van der Waals surface area (Å²) in [5.74, 6) is -5.40. The summed E-state index contributed by atoms with van der Waals surface area (Å²) in [6.45, 7) is -1.43. The molecule has 3 nitrogen and oxygen atoms in total.